The number of anilines is 1. The molecule has 0 saturated heterocycles. The molecule has 20 heavy (non-hydrogen) atoms. The average molecular weight is 385 g/mol. The first-order valence-corrected chi connectivity index (χ1v) is 9.83. The molecule has 1 rings (SSSR count). The molecule has 0 amide bonds. The molecule has 9 heteroatoms. The minimum absolute atomic E-state index is 0.00798. The first-order chi connectivity index (χ1) is 9.01. The van der Waals surface area contributed by atoms with Crippen LogP contribution in [-0.2, 0) is 20.0 Å². The summed E-state index contributed by atoms with van der Waals surface area (Å²) < 4.78 is 48.8. The van der Waals surface area contributed by atoms with E-state index in [0.717, 1.165) is 0 Å². The van der Waals surface area contributed by atoms with Gasteiger partial charge >= 0.3 is 0 Å². The Bertz CT molecular complexity index is 684. The van der Waals surface area contributed by atoms with Crippen LogP contribution in [0.15, 0.2) is 27.6 Å². The van der Waals surface area contributed by atoms with Crippen LogP contribution < -0.4 is 9.86 Å². The van der Waals surface area contributed by atoms with Crippen molar-refractivity contribution in [1.29, 1.82) is 0 Å². The third kappa shape index (κ3) is 5.39. The Balaban J connectivity index is 2.94. The van der Waals surface area contributed by atoms with Gasteiger partial charge in [0.2, 0.25) is 20.0 Å². The molecule has 0 saturated carbocycles. The van der Waals surface area contributed by atoms with Gasteiger partial charge in [0.05, 0.1) is 16.3 Å². The Kier molecular flexibility index (Phi) is 5.59. The minimum Gasteiger partial charge on any atom is -0.282 e. The molecule has 0 aliphatic rings. The number of hydrogen-bond acceptors (Lipinski definition) is 4. The molecule has 0 bridgehead atoms. The summed E-state index contributed by atoms with van der Waals surface area (Å²) in [6, 6.07) is 3.87. The van der Waals surface area contributed by atoms with Gasteiger partial charge in [0.1, 0.15) is 0 Å². The molecule has 0 aliphatic heterocycles. The van der Waals surface area contributed by atoms with Crippen LogP contribution in [0.4, 0.5) is 5.69 Å². The van der Waals surface area contributed by atoms with Crippen molar-refractivity contribution in [1.82, 2.24) is 0 Å². The predicted molar refractivity (Wildman–Crippen MR) is 82.4 cm³/mol. The third-order valence-corrected chi connectivity index (χ3v) is 5.37. The molecule has 0 fully saturated rings. The summed E-state index contributed by atoms with van der Waals surface area (Å²) in [6.07, 6.45) is 0.544. The second kappa shape index (κ2) is 6.42. The number of halogens is 1. The monoisotopic (exact) mass is 384 g/mol. The highest BCUT2D eigenvalue weighted by Crippen LogP contribution is 2.26. The highest BCUT2D eigenvalue weighted by molar-refractivity contribution is 9.10. The summed E-state index contributed by atoms with van der Waals surface area (Å²) in [5, 5.41) is 5.00. The zero-order valence-electron chi connectivity index (χ0n) is 11.1. The van der Waals surface area contributed by atoms with Gasteiger partial charge in [-0.05, 0) is 46.5 Å². The lowest BCUT2D eigenvalue weighted by molar-refractivity contribution is 0.578. The number of hydrogen-bond donors (Lipinski definition) is 2. The molecule has 1 aromatic carbocycles. The van der Waals surface area contributed by atoms with E-state index in [1.54, 1.807) is 0 Å². The van der Waals surface area contributed by atoms with Crippen LogP contribution in [0.3, 0.4) is 0 Å². The van der Waals surface area contributed by atoms with E-state index in [9.17, 15) is 16.8 Å². The van der Waals surface area contributed by atoms with Crippen molar-refractivity contribution in [3.8, 4) is 0 Å². The number of nitrogens with one attached hydrogen (secondary N) is 1. The molecule has 0 spiro atoms. The maximum Gasteiger partial charge on any atom is 0.238 e. The summed E-state index contributed by atoms with van der Waals surface area (Å²) in [5.41, 5.74) is 0.279. The van der Waals surface area contributed by atoms with Gasteiger partial charge in [0.25, 0.3) is 0 Å². The Morgan fingerprint density at radius 2 is 1.85 bits per heavy atom. The highest BCUT2D eigenvalue weighted by atomic mass is 79.9. The van der Waals surface area contributed by atoms with Crippen LogP contribution in [0.1, 0.15) is 20.3 Å². The van der Waals surface area contributed by atoms with Gasteiger partial charge < -0.3 is 0 Å². The van der Waals surface area contributed by atoms with Crippen molar-refractivity contribution in [2.75, 3.05) is 10.5 Å². The van der Waals surface area contributed by atoms with Gasteiger partial charge in [-0.15, -0.1) is 0 Å². The van der Waals surface area contributed by atoms with Crippen LogP contribution in [0, 0.1) is 5.92 Å². The molecule has 1 aromatic rings. The summed E-state index contributed by atoms with van der Waals surface area (Å²) >= 11 is 3.13. The first-order valence-electron chi connectivity index (χ1n) is 5.84. The van der Waals surface area contributed by atoms with Crippen LogP contribution in [0.5, 0.6) is 0 Å². The normalized spacial score (nSPS) is 12.7. The van der Waals surface area contributed by atoms with Gasteiger partial charge in [-0.3, -0.25) is 4.72 Å². The average Bonchev–Trinajstić information content (AvgIpc) is 2.28. The molecule has 0 atom stereocenters. The highest BCUT2D eigenvalue weighted by Gasteiger charge is 2.15. The van der Waals surface area contributed by atoms with Crippen molar-refractivity contribution in [3.63, 3.8) is 0 Å². The minimum atomic E-state index is -3.81. The van der Waals surface area contributed by atoms with Crippen LogP contribution >= 0.6 is 15.9 Å². The summed E-state index contributed by atoms with van der Waals surface area (Å²) in [6.45, 7) is 3.87. The van der Waals surface area contributed by atoms with Gasteiger partial charge in [0.15, 0.2) is 0 Å². The maximum atomic E-state index is 11.9. The smallest absolute Gasteiger partial charge is 0.238 e. The quantitative estimate of drug-likeness (QED) is 0.780. The molecule has 0 aromatic heterocycles. The molecular formula is C11H17BrN2O4S2. The Labute approximate surface area is 128 Å². The van der Waals surface area contributed by atoms with Gasteiger partial charge in [-0.2, -0.15) is 0 Å². The summed E-state index contributed by atoms with van der Waals surface area (Å²) in [7, 11) is -7.28. The zero-order valence-corrected chi connectivity index (χ0v) is 14.3. The lowest BCUT2D eigenvalue weighted by atomic mass is 10.2. The number of benzene rings is 1. The fraction of sp³-hybridized carbons (Fsp3) is 0.455. The van der Waals surface area contributed by atoms with Crippen LogP contribution in [0.2, 0.25) is 0 Å². The van der Waals surface area contributed by atoms with Gasteiger partial charge in [0, 0.05) is 4.47 Å². The van der Waals surface area contributed by atoms with Crippen LogP contribution in [-0.4, -0.2) is 22.6 Å². The Morgan fingerprint density at radius 1 is 1.25 bits per heavy atom. The molecule has 3 N–H and O–H groups in total. The number of nitrogens with two attached hydrogens (primary N) is 1. The summed E-state index contributed by atoms with van der Waals surface area (Å²) in [5.74, 6) is 0.286. The van der Waals surface area contributed by atoms with E-state index in [2.05, 4.69) is 20.7 Å². The Hall–Kier alpha value is -0.640. The van der Waals surface area contributed by atoms with Gasteiger partial charge in [-0.1, -0.05) is 13.8 Å². The largest absolute Gasteiger partial charge is 0.282 e. The second-order valence-electron chi connectivity index (χ2n) is 4.79. The van der Waals surface area contributed by atoms with Crippen molar-refractivity contribution >= 4 is 41.7 Å². The number of rotatable bonds is 6. The van der Waals surface area contributed by atoms with Crippen LogP contribution in [0.25, 0.3) is 0 Å². The van der Waals surface area contributed by atoms with E-state index >= 15 is 0 Å². The zero-order chi connectivity index (χ0) is 15.6. The van der Waals surface area contributed by atoms with E-state index in [1.807, 2.05) is 13.8 Å². The lowest BCUT2D eigenvalue weighted by Gasteiger charge is -2.11. The maximum absolute atomic E-state index is 11.9. The van der Waals surface area contributed by atoms with E-state index in [1.165, 1.54) is 18.2 Å². The lowest BCUT2D eigenvalue weighted by Crippen LogP contribution is -2.18. The second-order valence-corrected chi connectivity index (χ2v) is 9.05. The third-order valence-electron chi connectivity index (χ3n) is 2.50. The molecule has 6 nitrogen and oxygen atoms in total. The fourth-order valence-corrected chi connectivity index (χ4v) is 4.06. The first kappa shape index (κ1) is 17.4. The summed E-state index contributed by atoms with van der Waals surface area (Å²) in [4.78, 5) is -0.0884. The molecule has 114 valence electrons. The van der Waals surface area contributed by atoms with Crippen molar-refractivity contribution in [3.05, 3.63) is 22.7 Å². The van der Waals surface area contributed by atoms with Gasteiger partial charge in [-0.25, -0.2) is 22.0 Å². The molecule has 0 unspecified atom stereocenters. The van der Waals surface area contributed by atoms with Crippen molar-refractivity contribution in [2.45, 2.75) is 25.2 Å². The fourth-order valence-electron chi connectivity index (χ4n) is 1.36. The number of primary sulfonamides is 1. The van der Waals surface area contributed by atoms with Crippen molar-refractivity contribution < 1.29 is 16.8 Å². The molecular weight excluding hydrogens is 368 g/mol. The molecule has 0 heterocycles. The van der Waals surface area contributed by atoms with E-state index in [0.29, 0.717) is 10.9 Å². The standard InChI is InChI=1S/C11H17BrN2O4S2/c1-8(2)5-6-19(15,16)14-11-4-3-9(7-10(11)12)20(13,17)18/h3-4,7-8,14H,5-6H2,1-2H3,(H2,13,17,18). The van der Waals surface area contributed by atoms with Crippen molar-refractivity contribution in [2.24, 2.45) is 11.1 Å². The molecule has 0 aliphatic carbocycles. The predicted octanol–water partition coefficient (Wildman–Crippen LogP) is 1.88. The molecule has 0 radical (unpaired) electrons. The van der Waals surface area contributed by atoms with E-state index < -0.39 is 20.0 Å². The van der Waals surface area contributed by atoms with E-state index in [4.69, 9.17) is 5.14 Å². The topological polar surface area (TPSA) is 106 Å². The Morgan fingerprint density at radius 3 is 2.30 bits per heavy atom. The SMILES string of the molecule is CC(C)CCS(=O)(=O)Nc1ccc(S(N)(=O)=O)cc1Br. The van der Waals surface area contributed by atoms with E-state index in [-0.39, 0.29) is 22.3 Å². The number of sulfonamides is 2.